The van der Waals surface area contributed by atoms with Gasteiger partial charge in [-0.15, -0.1) is 12.4 Å². The number of amides is 1. The van der Waals surface area contributed by atoms with E-state index in [1.807, 2.05) is 31.3 Å². The highest BCUT2D eigenvalue weighted by atomic mass is 35.5. The number of anilines is 1. The minimum absolute atomic E-state index is 0. The first-order chi connectivity index (χ1) is 9.29. The Morgan fingerprint density at radius 2 is 2.15 bits per heavy atom. The average Bonchev–Trinajstić information content (AvgIpc) is 2.92. The molecule has 0 saturated heterocycles. The number of carbonyl (C=O) groups is 1. The van der Waals surface area contributed by atoms with Gasteiger partial charge in [0.05, 0.1) is 6.54 Å². The van der Waals surface area contributed by atoms with E-state index < -0.39 is 0 Å². The molecule has 0 saturated carbocycles. The summed E-state index contributed by atoms with van der Waals surface area (Å²) in [5.74, 6) is -0.0287. The maximum Gasteiger partial charge on any atom is 0.226 e. The molecule has 0 aliphatic carbocycles. The Labute approximate surface area is 124 Å². The van der Waals surface area contributed by atoms with Crippen LogP contribution in [-0.4, -0.2) is 27.7 Å². The molecule has 0 spiro atoms. The standard InChI is InChI=1S/C13H17N5O.ClH/c1-14-8-11-4-2-3-5-12(11)17-13(19)6-7-18-10-15-9-16-18;/h2-5,9-10,14H,6-8H2,1H3,(H,17,19);1H. The van der Waals surface area contributed by atoms with Gasteiger partial charge in [-0.2, -0.15) is 5.10 Å². The smallest absolute Gasteiger partial charge is 0.226 e. The molecule has 1 aromatic heterocycles. The maximum atomic E-state index is 11.9. The van der Waals surface area contributed by atoms with Crippen LogP contribution in [0.4, 0.5) is 5.69 Å². The second-order valence-electron chi connectivity index (χ2n) is 4.14. The van der Waals surface area contributed by atoms with E-state index in [9.17, 15) is 4.79 Å². The molecule has 0 fully saturated rings. The summed E-state index contributed by atoms with van der Waals surface area (Å²) in [6.07, 6.45) is 3.43. The summed E-state index contributed by atoms with van der Waals surface area (Å²) in [5, 5.41) is 9.95. The molecule has 1 heterocycles. The lowest BCUT2D eigenvalue weighted by Crippen LogP contribution is -2.17. The van der Waals surface area contributed by atoms with E-state index >= 15 is 0 Å². The van der Waals surface area contributed by atoms with Gasteiger partial charge >= 0.3 is 0 Å². The Kier molecular flexibility index (Phi) is 6.69. The van der Waals surface area contributed by atoms with Gasteiger partial charge in [0.2, 0.25) is 5.91 Å². The molecule has 2 N–H and O–H groups in total. The van der Waals surface area contributed by atoms with Gasteiger partial charge in [-0.1, -0.05) is 18.2 Å². The molecule has 108 valence electrons. The fourth-order valence-corrected chi connectivity index (χ4v) is 1.76. The van der Waals surface area contributed by atoms with Gasteiger partial charge in [-0.3, -0.25) is 9.48 Å². The zero-order valence-corrected chi connectivity index (χ0v) is 12.1. The molecule has 20 heavy (non-hydrogen) atoms. The summed E-state index contributed by atoms with van der Waals surface area (Å²) in [4.78, 5) is 15.7. The Bertz CT molecular complexity index is 529. The summed E-state index contributed by atoms with van der Waals surface area (Å²) in [6.45, 7) is 1.25. The number of halogens is 1. The third kappa shape index (κ3) is 4.64. The largest absolute Gasteiger partial charge is 0.326 e. The fourth-order valence-electron chi connectivity index (χ4n) is 1.76. The second-order valence-corrected chi connectivity index (χ2v) is 4.14. The number of nitrogens with one attached hydrogen (secondary N) is 2. The summed E-state index contributed by atoms with van der Waals surface area (Å²) >= 11 is 0. The average molecular weight is 296 g/mol. The number of nitrogens with zero attached hydrogens (tertiary/aromatic N) is 3. The van der Waals surface area contributed by atoms with Gasteiger partial charge in [0, 0.05) is 18.7 Å². The van der Waals surface area contributed by atoms with E-state index in [0.717, 1.165) is 17.8 Å². The van der Waals surface area contributed by atoms with Crippen molar-refractivity contribution < 1.29 is 4.79 Å². The van der Waals surface area contributed by atoms with Crippen molar-refractivity contribution in [1.29, 1.82) is 0 Å². The van der Waals surface area contributed by atoms with Gasteiger partial charge in [0.1, 0.15) is 12.7 Å². The lowest BCUT2D eigenvalue weighted by molar-refractivity contribution is -0.116. The zero-order chi connectivity index (χ0) is 13.5. The van der Waals surface area contributed by atoms with Crippen molar-refractivity contribution in [2.45, 2.75) is 19.5 Å². The minimum atomic E-state index is -0.0287. The second kappa shape index (κ2) is 8.29. The molecule has 2 aromatic rings. The van der Waals surface area contributed by atoms with Crippen molar-refractivity contribution in [3.05, 3.63) is 42.5 Å². The number of carbonyl (C=O) groups excluding carboxylic acids is 1. The quantitative estimate of drug-likeness (QED) is 0.846. The molecular weight excluding hydrogens is 278 g/mol. The molecule has 1 aromatic carbocycles. The molecule has 2 rings (SSSR count). The number of benzene rings is 1. The van der Waals surface area contributed by atoms with E-state index in [1.165, 1.54) is 6.33 Å². The molecule has 0 bridgehead atoms. The fraction of sp³-hybridized carbons (Fsp3) is 0.308. The highest BCUT2D eigenvalue weighted by Crippen LogP contribution is 2.14. The zero-order valence-electron chi connectivity index (χ0n) is 11.2. The Balaban J connectivity index is 0.00000200. The Morgan fingerprint density at radius 3 is 2.85 bits per heavy atom. The van der Waals surface area contributed by atoms with Crippen LogP contribution in [0.1, 0.15) is 12.0 Å². The van der Waals surface area contributed by atoms with Gasteiger partial charge in [-0.25, -0.2) is 4.98 Å². The van der Waals surface area contributed by atoms with Crippen LogP contribution in [0.5, 0.6) is 0 Å². The molecular formula is C13H18ClN5O. The van der Waals surface area contributed by atoms with Gasteiger partial charge in [0.15, 0.2) is 0 Å². The Morgan fingerprint density at radius 1 is 1.35 bits per heavy atom. The van der Waals surface area contributed by atoms with E-state index in [-0.39, 0.29) is 18.3 Å². The van der Waals surface area contributed by atoms with Crippen LogP contribution < -0.4 is 10.6 Å². The number of aryl methyl sites for hydroxylation is 1. The molecule has 0 aliphatic rings. The third-order valence-electron chi connectivity index (χ3n) is 2.69. The van der Waals surface area contributed by atoms with Crippen LogP contribution in [0.25, 0.3) is 0 Å². The van der Waals surface area contributed by atoms with Gasteiger partial charge < -0.3 is 10.6 Å². The van der Waals surface area contributed by atoms with E-state index in [4.69, 9.17) is 0 Å². The van der Waals surface area contributed by atoms with Crippen LogP contribution >= 0.6 is 12.4 Å². The van der Waals surface area contributed by atoms with Crippen molar-refractivity contribution >= 4 is 24.0 Å². The normalized spacial score (nSPS) is 9.85. The van der Waals surface area contributed by atoms with Gasteiger partial charge in [-0.05, 0) is 18.7 Å². The highest BCUT2D eigenvalue weighted by molar-refractivity contribution is 5.91. The lowest BCUT2D eigenvalue weighted by Gasteiger charge is -2.10. The van der Waals surface area contributed by atoms with Crippen LogP contribution in [-0.2, 0) is 17.9 Å². The summed E-state index contributed by atoms with van der Waals surface area (Å²) in [5.41, 5.74) is 1.92. The molecule has 6 nitrogen and oxygen atoms in total. The van der Waals surface area contributed by atoms with E-state index in [1.54, 1.807) is 11.0 Å². The Hall–Kier alpha value is -1.92. The molecule has 0 unspecified atom stereocenters. The van der Waals surface area contributed by atoms with E-state index in [0.29, 0.717) is 13.0 Å². The van der Waals surface area contributed by atoms with Crippen LogP contribution in [0, 0.1) is 0 Å². The van der Waals surface area contributed by atoms with Crippen molar-refractivity contribution in [2.24, 2.45) is 0 Å². The van der Waals surface area contributed by atoms with Crippen molar-refractivity contribution in [3.63, 3.8) is 0 Å². The SMILES string of the molecule is CNCc1ccccc1NC(=O)CCn1cncn1.Cl. The first-order valence-electron chi connectivity index (χ1n) is 6.14. The monoisotopic (exact) mass is 295 g/mol. The first kappa shape index (κ1) is 16.1. The predicted molar refractivity (Wildman–Crippen MR) is 79.7 cm³/mol. The highest BCUT2D eigenvalue weighted by Gasteiger charge is 2.06. The lowest BCUT2D eigenvalue weighted by atomic mass is 10.1. The number of rotatable bonds is 6. The number of para-hydroxylation sites is 1. The van der Waals surface area contributed by atoms with Crippen LogP contribution in [0.15, 0.2) is 36.9 Å². The molecule has 0 atom stereocenters. The van der Waals surface area contributed by atoms with Crippen molar-refractivity contribution in [1.82, 2.24) is 20.1 Å². The number of aromatic nitrogens is 3. The molecule has 1 amide bonds. The van der Waals surface area contributed by atoms with Crippen LogP contribution in [0.3, 0.4) is 0 Å². The summed E-state index contributed by atoms with van der Waals surface area (Å²) in [6, 6.07) is 7.76. The predicted octanol–water partition coefficient (Wildman–Crippen LogP) is 1.45. The molecule has 0 radical (unpaired) electrons. The van der Waals surface area contributed by atoms with Crippen molar-refractivity contribution in [3.8, 4) is 0 Å². The molecule has 7 heteroatoms. The third-order valence-corrected chi connectivity index (χ3v) is 2.69. The van der Waals surface area contributed by atoms with Gasteiger partial charge in [0.25, 0.3) is 0 Å². The number of hydrogen-bond acceptors (Lipinski definition) is 4. The minimum Gasteiger partial charge on any atom is -0.326 e. The molecule has 0 aliphatic heterocycles. The first-order valence-corrected chi connectivity index (χ1v) is 6.14. The van der Waals surface area contributed by atoms with Crippen LogP contribution in [0.2, 0.25) is 0 Å². The van der Waals surface area contributed by atoms with E-state index in [2.05, 4.69) is 20.7 Å². The summed E-state index contributed by atoms with van der Waals surface area (Å²) in [7, 11) is 1.88. The maximum absolute atomic E-state index is 11.9. The summed E-state index contributed by atoms with van der Waals surface area (Å²) < 4.78 is 1.64. The number of hydrogen-bond donors (Lipinski definition) is 2. The topological polar surface area (TPSA) is 71.8 Å². The van der Waals surface area contributed by atoms with Crippen molar-refractivity contribution in [2.75, 3.05) is 12.4 Å².